The lowest BCUT2D eigenvalue weighted by Gasteiger charge is -2.32. The molecule has 0 spiro atoms. The molecule has 7 nitrogen and oxygen atoms in total. The van der Waals surface area contributed by atoms with Gasteiger partial charge in [-0.25, -0.2) is 0 Å². The Morgan fingerprint density at radius 2 is 2.16 bits per heavy atom. The van der Waals surface area contributed by atoms with Crippen molar-refractivity contribution < 1.29 is 29.3 Å². The first-order valence-corrected chi connectivity index (χ1v) is 8.33. The Morgan fingerprint density at radius 3 is 2.88 bits per heavy atom. The largest absolute Gasteiger partial charge is 0.462 e. The van der Waals surface area contributed by atoms with Crippen molar-refractivity contribution in [2.45, 2.75) is 37.2 Å². The maximum absolute atomic E-state index is 12.8. The average Bonchev–Trinajstić information content (AvgIpc) is 3.22. The molecule has 1 fully saturated rings. The van der Waals surface area contributed by atoms with Gasteiger partial charge in [0, 0.05) is 23.4 Å². The maximum Gasteiger partial charge on any atom is 0.318 e. The van der Waals surface area contributed by atoms with Crippen LogP contribution in [-0.4, -0.2) is 52.6 Å². The van der Waals surface area contributed by atoms with Gasteiger partial charge in [0.1, 0.15) is 12.5 Å². The lowest BCUT2D eigenvalue weighted by atomic mass is 9.79. The van der Waals surface area contributed by atoms with E-state index in [2.05, 4.69) is 4.99 Å². The van der Waals surface area contributed by atoms with Gasteiger partial charge in [-0.15, -0.1) is 0 Å². The quantitative estimate of drug-likeness (QED) is 0.776. The Kier molecular flexibility index (Phi) is 3.57. The lowest BCUT2D eigenvalue weighted by molar-refractivity contribution is -0.167. The number of hydrogen-bond acceptors (Lipinski definition) is 7. The SMILES string of the molecule is CC1=N[C@@]2(O)c3ccccc3C(=O)[C@@]2(O)C1C(=O)OC[C@@H]1CCCO1. The van der Waals surface area contributed by atoms with E-state index in [9.17, 15) is 19.8 Å². The molecule has 2 aliphatic heterocycles. The second-order valence-corrected chi connectivity index (χ2v) is 6.76. The second kappa shape index (κ2) is 5.45. The summed E-state index contributed by atoms with van der Waals surface area (Å²) >= 11 is 0. The van der Waals surface area contributed by atoms with Crippen molar-refractivity contribution in [1.29, 1.82) is 0 Å². The zero-order chi connectivity index (χ0) is 17.8. The third-order valence-corrected chi connectivity index (χ3v) is 5.27. The number of hydrogen-bond donors (Lipinski definition) is 2. The van der Waals surface area contributed by atoms with Gasteiger partial charge in [-0.1, -0.05) is 24.3 Å². The van der Waals surface area contributed by atoms with E-state index in [-0.39, 0.29) is 29.5 Å². The summed E-state index contributed by atoms with van der Waals surface area (Å²) < 4.78 is 10.7. The zero-order valence-corrected chi connectivity index (χ0v) is 13.8. The number of aliphatic hydroxyl groups is 2. The van der Waals surface area contributed by atoms with Crippen LogP contribution in [0.4, 0.5) is 0 Å². The van der Waals surface area contributed by atoms with E-state index in [1.165, 1.54) is 19.1 Å². The highest BCUT2D eigenvalue weighted by atomic mass is 16.6. The van der Waals surface area contributed by atoms with Gasteiger partial charge in [0.2, 0.25) is 11.5 Å². The van der Waals surface area contributed by atoms with Crippen LogP contribution in [0.25, 0.3) is 0 Å². The molecule has 0 bridgehead atoms. The minimum atomic E-state index is -2.38. The van der Waals surface area contributed by atoms with Gasteiger partial charge < -0.3 is 19.7 Å². The molecule has 2 N–H and O–H groups in total. The summed E-state index contributed by atoms with van der Waals surface area (Å²) in [6, 6.07) is 6.31. The van der Waals surface area contributed by atoms with Crippen molar-refractivity contribution in [3.63, 3.8) is 0 Å². The number of carbonyl (C=O) groups excluding carboxylic acids is 2. The number of aliphatic imine (C=N–C) groups is 1. The van der Waals surface area contributed by atoms with Crippen LogP contribution in [0.3, 0.4) is 0 Å². The molecule has 0 amide bonds. The Hall–Kier alpha value is -2.09. The molecule has 25 heavy (non-hydrogen) atoms. The number of benzene rings is 1. The number of esters is 1. The smallest absolute Gasteiger partial charge is 0.318 e. The van der Waals surface area contributed by atoms with E-state index in [4.69, 9.17) is 9.47 Å². The molecule has 1 aromatic carbocycles. The monoisotopic (exact) mass is 345 g/mol. The number of ketones is 1. The van der Waals surface area contributed by atoms with Gasteiger partial charge in [0.05, 0.1) is 6.10 Å². The predicted octanol–water partition coefficient (Wildman–Crippen LogP) is 0.572. The summed E-state index contributed by atoms with van der Waals surface area (Å²) in [5, 5.41) is 22.1. The molecule has 1 saturated heterocycles. The van der Waals surface area contributed by atoms with Crippen LogP contribution in [0.2, 0.25) is 0 Å². The highest BCUT2D eigenvalue weighted by Gasteiger charge is 2.72. The van der Waals surface area contributed by atoms with E-state index < -0.39 is 29.0 Å². The minimum absolute atomic E-state index is 0.0538. The van der Waals surface area contributed by atoms with Crippen LogP contribution < -0.4 is 0 Å². The van der Waals surface area contributed by atoms with Gasteiger partial charge in [-0.3, -0.25) is 14.6 Å². The van der Waals surface area contributed by atoms with Crippen LogP contribution in [-0.2, 0) is 20.0 Å². The predicted molar refractivity (Wildman–Crippen MR) is 86.2 cm³/mol. The Labute approximate surface area is 144 Å². The highest BCUT2D eigenvalue weighted by molar-refractivity contribution is 6.18. The van der Waals surface area contributed by atoms with Crippen LogP contribution in [0.5, 0.6) is 0 Å². The molecular weight excluding hydrogens is 326 g/mol. The number of ether oxygens (including phenoxy) is 2. The number of carbonyl (C=O) groups is 2. The van der Waals surface area contributed by atoms with Gasteiger partial charge in [0.15, 0.2) is 5.60 Å². The van der Waals surface area contributed by atoms with Gasteiger partial charge in [-0.2, -0.15) is 0 Å². The topological polar surface area (TPSA) is 105 Å². The average molecular weight is 345 g/mol. The molecule has 4 atom stereocenters. The molecular formula is C18H19NO6. The minimum Gasteiger partial charge on any atom is -0.462 e. The highest BCUT2D eigenvalue weighted by Crippen LogP contribution is 2.53. The summed E-state index contributed by atoms with van der Waals surface area (Å²) in [7, 11) is 0. The second-order valence-electron chi connectivity index (χ2n) is 6.76. The zero-order valence-electron chi connectivity index (χ0n) is 13.8. The van der Waals surface area contributed by atoms with E-state index in [0.29, 0.717) is 6.61 Å². The summed E-state index contributed by atoms with van der Waals surface area (Å²) in [5.74, 6) is -2.85. The van der Waals surface area contributed by atoms with Gasteiger partial charge in [0.25, 0.3) is 0 Å². The normalized spacial score (nSPS) is 36.1. The first-order chi connectivity index (χ1) is 11.9. The van der Waals surface area contributed by atoms with Gasteiger partial charge in [-0.05, 0) is 19.8 Å². The third kappa shape index (κ3) is 2.06. The molecule has 7 heteroatoms. The molecule has 0 saturated carbocycles. The molecule has 3 aliphatic rings. The first kappa shape index (κ1) is 16.4. The van der Waals surface area contributed by atoms with Crippen molar-refractivity contribution >= 4 is 17.5 Å². The first-order valence-electron chi connectivity index (χ1n) is 8.33. The fraction of sp³-hybridized carbons (Fsp3) is 0.500. The Balaban J connectivity index is 1.66. The summed E-state index contributed by atoms with van der Waals surface area (Å²) in [6.07, 6.45) is 1.53. The summed E-state index contributed by atoms with van der Waals surface area (Å²) in [5.41, 5.74) is -4.01. The van der Waals surface area contributed by atoms with Gasteiger partial charge >= 0.3 is 5.97 Å². The fourth-order valence-corrected chi connectivity index (χ4v) is 4.03. The molecule has 132 valence electrons. The van der Waals surface area contributed by atoms with Crippen LogP contribution in [0.15, 0.2) is 29.3 Å². The third-order valence-electron chi connectivity index (χ3n) is 5.27. The van der Waals surface area contributed by atoms with Crippen molar-refractivity contribution in [1.82, 2.24) is 0 Å². The number of fused-ring (bicyclic) bond motifs is 3. The van der Waals surface area contributed by atoms with Crippen molar-refractivity contribution in [3.05, 3.63) is 35.4 Å². The molecule has 1 aliphatic carbocycles. The fourth-order valence-electron chi connectivity index (χ4n) is 4.03. The maximum atomic E-state index is 12.8. The van der Waals surface area contributed by atoms with Crippen molar-refractivity contribution in [2.24, 2.45) is 10.9 Å². The number of nitrogens with zero attached hydrogens (tertiary/aromatic N) is 1. The standard InChI is InChI=1S/C18H19NO6/c1-10-14(16(21)25-9-11-5-4-8-24-11)17(22)15(20)12-6-2-3-7-13(12)18(17,23)19-10/h2-3,6-7,11,14,22-23H,4-5,8-9H2,1H3/t11-,14?,17-,18+/m0/s1. The number of rotatable bonds is 3. The van der Waals surface area contributed by atoms with Crippen molar-refractivity contribution in [2.75, 3.05) is 13.2 Å². The molecule has 1 unspecified atom stereocenters. The van der Waals surface area contributed by atoms with E-state index in [1.54, 1.807) is 12.1 Å². The number of Topliss-reactive ketones (excluding diaryl/α,β-unsaturated/α-hetero) is 1. The Morgan fingerprint density at radius 1 is 1.40 bits per heavy atom. The molecule has 0 aromatic heterocycles. The Bertz CT molecular complexity index is 784. The summed E-state index contributed by atoms with van der Waals surface area (Å²) in [6.45, 7) is 2.18. The molecule has 2 heterocycles. The molecule has 4 rings (SSSR count). The molecule has 1 aromatic rings. The van der Waals surface area contributed by atoms with E-state index in [0.717, 1.165) is 12.8 Å². The van der Waals surface area contributed by atoms with Crippen LogP contribution in [0, 0.1) is 5.92 Å². The lowest BCUT2D eigenvalue weighted by Crippen LogP contribution is -2.56. The van der Waals surface area contributed by atoms with Crippen LogP contribution in [0.1, 0.15) is 35.7 Å². The summed E-state index contributed by atoms with van der Waals surface area (Å²) in [4.78, 5) is 29.5. The van der Waals surface area contributed by atoms with E-state index in [1.807, 2.05) is 0 Å². The van der Waals surface area contributed by atoms with E-state index >= 15 is 0 Å². The molecule has 0 radical (unpaired) electrons. The van der Waals surface area contributed by atoms with Crippen molar-refractivity contribution in [3.8, 4) is 0 Å². The van der Waals surface area contributed by atoms with Crippen LogP contribution >= 0.6 is 0 Å².